The number of hydrogen-bond acceptors (Lipinski definition) is 3. The number of hydrogen-bond donors (Lipinski definition) is 2. The highest BCUT2D eigenvalue weighted by atomic mass is 16.4. The highest BCUT2D eigenvalue weighted by Crippen LogP contribution is 2.17. The molecule has 0 saturated carbocycles. The zero-order chi connectivity index (χ0) is 14.6. The minimum absolute atomic E-state index is 0.0718. The fourth-order valence-corrected chi connectivity index (χ4v) is 1.88. The number of carbonyl (C=O) groups excluding carboxylic acids is 1. The van der Waals surface area contributed by atoms with Crippen molar-refractivity contribution in [3.8, 4) is 0 Å². The molecule has 0 bridgehead atoms. The van der Waals surface area contributed by atoms with E-state index >= 15 is 0 Å². The Morgan fingerprint density at radius 1 is 1.26 bits per heavy atom. The number of aromatic carboxylic acids is 1. The van der Waals surface area contributed by atoms with Crippen LogP contribution >= 0.6 is 0 Å². The van der Waals surface area contributed by atoms with Crippen LogP contribution in [-0.2, 0) is 4.79 Å². The molecule has 0 heterocycles. The molecule has 1 aromatic carbocycles. The molecule has 5 heteroatoms. The summed E-state index contributed by atoms with van der Waals surface area (Å²) in [6.45, 7) is 6.28. The highest BCUT2D eigenvalue weighted by molar-refractivity contribution is 5.99. The first kappa shape index (κ1) is 15.2. The Balaban J connectivity index is 2.91. The Kier molecular flexibility index (Phi) is 4.67. The number of carbonyl (C=O) groups is 2. The van der Waals surface area contributed by atoms with Crippen LogP contribution in [0, 0.1) is 0 Å². The van der Waals surface area contributed by atoms with E-state index < -0.39 is 11.5 Å². The Hall–Kier alpha value is -1.88. The number of carboxylic acids is 1. The maximum absolute atomic E-state index is 12.3. The lowest BCUT2D eigenvalue weighted by molar-refractivity contribution is -0.123. The molecule has 1 rings (SSSR count). The van der Waals surface area contributed by atoms with E-state index in [0.29, 0.717) is 12.2 Å². The van der Waals surface area contributed by atoms with E-state index in [2.05, 4.69) is 5.32 Å². The third-order valence-electron chi connectivity index (χ3n) is 2.96. The molecule has 1 aromatic rings. The first-order valence-electron chi connectivity index (χ1n) is 6.16. The van der Waals surface area contributed by atoms with Crippen molar-refractivity contribution in [3.63, 3.8) is 0 Å². The Morgan fingerprint density at radius 2 is 1.79 bits per heavy atom. The van der Waals surface area contributed by atoms with Gasteiger partial charge in [-0.05, 0) is 44.7 Å². The van der Waals surface area contributed by atoms with Crippen LogP contribution in [0.3, 0.4) is 0 Å². The van der Waals surface area contributed by atoms with Crippen molar-refractivity contribution >= 4 is 17.6 Å². The molecule has 2 N–H and O–H groups in total. The average Bonchev–Trinajstić information content (AvgIpc) is 2.37. The molecule has 0 aliphatic carbocycles. The smallest absolute Gasteiger partial charge is 0.335 e. The van der Waals surface area contributed by atoms with Crippen LogP contribution in [-0.4, -0.2) is 36.1 Å². The quantitative estimate of drug-likeness (QED) is 0.850. The molecular formula is C14H20N2O3. The molecule has 0 radical (unpaired) electrons. The van der Waals surface area contributed by atoms with Crippen LogP contribution in [0.4, 0.5) is 5.69 Å². The maximum atomic E-state index is 12.3. The lowest BCUT2D eigenvalue weighted by Gasteiger charge is -2.30. The molecular weight excluding hydrogens is 244 g/mol. The molecule has 0 aliphatic heterocycles. The van der Waals surface area contributed by atoms with Gasteiger partial charge in [0.25, 0.3) is 0 Å². The lowest BCUT2D eigenvalue weighted by Crippen LogP contribution is -2.53. The van der Waals surface area contributed by atoms with E-state index in [4.69, 9.17) is 5.11 Å². The third-order valence-corrected chi connectivity index (χ3v) is 2.96. The van der Waals surface area contributed by atoms with Crippen molar-refractivity contribution < 1.29 is 14.7 Å². The fraction of sp³-hybridized carbons (Fsp3) is 0.429. The molecule has 0 fully saturated rings. The molecule has 0 aromatic heterocycles. The van der Waals surface area contributed by atoms with E-state index in [1.807, 2.05) is 20.8 Å². The molecule has 0 unspecified atom stereocenters. The summed E-state index contributed by atoms with van der Waals surface area (Å²) in [6.07, 6.45) is 0. The monoisotopic (exact) mass is 264 g/mol. The number of benzene rings is 1. The number of rotatable bonds is 5. The standard InChI is InChI=1S/C14H20N2O3/c1-5-15-14(2,3)13(19)16(4)11-8-6-10(7-9-11)12(17)18/h6-9,15H,5H2,1-4H3,(H,17,18). The molecule has 19 heavy (non-hydrogen) atoms. The topological polar surface area (TPSA) is 69.6 Å². The average molecular weight is 264 g/mol. The number of carboxylic acid groups (broad SMARTS) is 1. The molecule has 0 saturated heterocycles. The van der Waals surface area contributed by atoms with Crippen LogP contribution in [0.1, 0.15) is 31.1 Å². The molecule has 1 amide bonds. The second kappa shape index (κ2) is 5.84. The molecule has 0 atom stereocenters. The summed E-state index contributed by atoms with van der Waals surface area (Å²) in [7, 11) is 1.68. The fourth-order valence-electron chi connectivity index (χ4n) is 1.88. The number of likely N-dealkylation sites (N-methyl/N-ethyl adjacent to an activating group) is 2. The number of nitrogens with one attached hydrogen (secondary N) is 1. The second-order valence-electron chi connectivity index (χ2n) is 4.87. The number of anilines is 1. The normalized spacial score (nSPS) is 11.2. The van der Waals surface area contributed by atoms with Crippen LogP contribution in [0.25, 0.3) is 0 Å². The molecule has 104 valence electrons. The third kappa shape index (κ3) is 3.54. The van der Waals surface area contributed by atoms with Crippen molar-refractivity contribution in [2.75, 3.05) is 18.5 Å². The van der Waals surface area contributed by atoms with Crippen molar-refractivity contribution in [1.82, 2.24) is 5.32 Å². The minimum Gasteiger partial charge on any atom is -0.478 e. The van der Waals surface area contributed by atoms with Gasteiger partial charge in [0.15, 0.2) is 0 Å². The highest BCUT2D eigenvalue weighted by Gasteiger charge is 2.29. The number of nitrogens with zero attached hydrogens (tertiary/aromatic N) is 1. The zero-order valence-corrected chi connectivity index (χ0v) is 11.7. The molecule has 0 spiro atoms. The summed E-state index contributed by atoms with van der Waals surface area (Å²) < 4.78 is 0. The summed E-state index contributed by atoms with van der Waals surface area (Å²) in [6, 6.07) is 6.23. The van der Waals surface area contributed by atoms with Crippen LogP contribution in [0.5, 0.6) is 0 Å². The van der Waals surface area contributed by atoms with Crippen molar-refractivity contribution in [3.05, 3.63) is 29.8 Å². The van der Waals surface area contributed by atoms with Gasteiger partial charge in [0, 0.05) is 12.7 Å². The molecule has 0 aliphatic rings. The largest absolute Gasteiger partial charge is 0.478 e. The zero-order valence-electron chi connectivity index (χ0n) is 11.7. The van der Waals surface area contributed by atoms with E-state index in [1.54, 1.807) is 19.2 Å². The van der Waals surface area contributed by atoms with Gasteiger partial charge in [-0.15, -0.1) is 0 Å². The SMILES string of the molecule is CCNC(C)(C)C(=O)N(C)c1ccc(C(=O)O)cc1. The summed E-state index contributed by atoms with van der Waals surface area (Å²) in [5.41, 5.74) is 0.214. The lowest BCUT2D eigenvalue weighted by atomic mass is 10.0. The van der Waals surface area contributed by atoms with E-state index in [0.717, 1.165) is 0 Å². The van der Waals surface area contributed by atoms with E-state index in [-0.39, 0.29) is 11.5 Å². The first-order valence-corrected chi connectivity index (χ1v) is 6.16. The Morgan fingerprint density at radius 3 is 2.21 bits per heavy atom. The van der Waals surface area contributed by atoms with E-state index in [9.17, 15) is 9.59 Å². The predicted molar refractivity (Wildman–Crippen MR) is 74.6 cm³/mol. The van der Waals surface area contributed by atoms with E-state index in [1.165, 1.54) is 17.0 Å². The van der Waals surface area contributed by atoms with Gasteiger partial charge in [0.05, 0.1) is 11.1 Å². The van der Waals surface area contributed by atoms with Gasteiger partial charge in [-0.25, -0.2) is 4.79 Å². The minimum atomic E-state index is -0.978. The first-order chi connectivity index (χ1) is 8.79. The van der Waals surface area contributed by atoms with Crippen LogP contribution in [0.2, 0.25) is 0 Å². The summed E-state index contributed by atoms with van der Waals surface area (Å²) in [4.78, 5) is 24.6. The van der Waals surface area contributed by atoms with Gasteiger partial charge in [-0.2, -0.15) is 0 Å². The van der Waals surface area contributed by atoms with Crippen molar-refractivity contribution in [2.24, 2.45) is 0 Å². The maximum Gasteiger partial charge on any atom is 0.335 e. The summed E-state index contributed by atoms with van der Waals surface area (Å²) >= 11 is 0. The Labute approximate surface area is 113 Å². The van der Waals surface area contributed by atoms with Crippen molar-refractivity contribution in [2.45, 2.75) is 26.3 Å². The second-order valence-corrected chi connectivity index (χ2v) is 4.87. The van der Waals surface area contributed by atoms with Crippen LogP contribution < -0.4 is 10.2 Å². The summed E-state index contributed by atoms with van der Waals surface area (Å²) in [5.74, 6) is -1.05. The van der Waals surface area contributed by atoms with Gasteiger partial charge in [0.1, 0.15) is 0 Å². The van der Waals surface area contributed by atoms with Gasteiger partial charge < -0.3 is 15.3 Å². The Bertz CT molecular complexity index is 466. The van der Waals surface area contributed by atoms with Gasteiger partial charge in [-0.3, -0.25) is 4.79 Å². The van der Waals surface area contributed by atoms with Gasteiger partial charge in [-0.1, -0.05) is 6.92 Å². The number of amides is 1. The van der Waals surface area contributed by atoms with Crippen LogP contribution in [0.15, 0.2) is 24.3 Å². The summed E-state index contributed by atoms with van der Waals surface area (Å²) in [5, 5.41) is 11.9. The predicted octanol–water partition coefficient (Wildman–Crippen LogP) is 1.74. The van der Waals surface area contributed by atoms with Gasteiger partial charge in [0.2, 0.25) is 5.91 Å². The van der Waals surface area contributed by atoms with Crippen molar-refractivity contribution in [1.29, 1.82) is 0 Å². The molecule has 5 nitrogen and oxygen atoms in total. The van der Waals surface area contributed by atoms with Gasteiger partial charge >= 0.3 is 5.97 Å².